The molecule has 1 unspecified atom stereocenters. The lowest BCUT2D eigenvalue weighted by molar-refractivity contribution is -0.149. The number of furan rings is 1. The summed E-state index contributed by atoms with van der Waals surface area (Å²) < 4.78 is 10.2. The van der Waals surface area contributed by atoms with Gasteiger partial charge in [0.05, 0.1) is 18.6 Å². The monoisotopic (exact) mass is 271 g/mol. The second kappa shape index (κ2) is 7.48. The van der Waals surface area contributed by atoms with E-state index in [1.807, 2.05) is 12.1 Å². The summed E-state index contributed by atoms with van der Waals surface area (Å²) in [5.41, 5.74) is 5.05. The minimum absolute atomic E-state index is 0.318. The molecule has 0 saturated carbocycles. The molecule has 0 radical (unpaired) electrons. The van der Waals surface area contributed by atoms with Crippen LogP contribution in [-0.4, -0.2) is 23.9 Å². The Labute approximate surface area is 112 Å². The van der Waals surface area contributed by atoms with Crippen molar-refractivity contribution in [2.45, 2.75) is 38.0 Å². The molecule has 0 fully saturated rings. The van der Waals surface area contributed by atoms with E-state index in [9.17, 15) is 4.79 Å². The predicted molar refractivity (Wildman–Crippen MR) is 73.3 cm³/mol. The van der Waals surface area contributed by atoms with Gasteiger partial charge in [-0.2, -0.15) is 11.8 Å². The fraction of sp³-hybridized carbons (Fsp3) is 0.615. The van der Waals surface area contributed by atoms with E-state index in [2.05, 4.69) is 0 Å². The van der Waals surface area contributed by atoms with Gasteiger partial charge in [0.1, 0.15) is 11.3 Å². The Kier molecular flexibility index (Phi) is 6.29. The van der Waals surface area contributed by atoms with Crippen molar-refractivity contribution in [2.75, 3.05) is 12.4 Å². The maximum absolute atomic E-state index is 11.5. The van der Waals surface area contributed by atoms with E-state index in [4.69, 9.17) is 14.9 Å². The van der Waals surface area contributed by atoms with Crippen molar-refractivity contribution in [3.05, 3.63) is 24.2 Å². The van der Waals surface area contributed by atoms with Gasteiger partial charge in [-0.1, -0.05) is 0 Å². The molecule has 0 amide bonds. The summed E-state index contributed by atoms with van der Waals surface area (Å²) in [5.74, 6) is 2.46. The number of ether oxygens (including phenoxy) is 1. The molecule has 102 valence electrons. The molecule has 2 N–H and O–H groups in total. The summed E-state index contributed by atoms with van der Waals surface area (Å²) in [6.45, 7) is 3.88. The molecule has 0 aromatic carbocycles. The van der Waals surface area contributed by atoms with E-state index >= 15 is 0 Å². The molecule has 0 aliphatic carbocycles. The third kappa shape index (κ3) is 5.14. The molecule has 0 spiro atoms. The zero-order chi connectivity index (χ0) is 13.4. The van der Waals surface area contributed by atoms with Crippen LogP contribution in [0.1, 0.15) is 32.4 Å². The molecule has 1 aromatic rings. The number of esters is 1. The van der Waals surface area contributed by atoms with E-state index in [0.29, 0.717) is 13.0 Å². The van der Waals surface area contributed by atoms with E-state index in [-0.39, 0.29) is 5.97 Å². The lowest BCUT2D eigenvalue weighted by atomic mass is 9.98. The average molecular weight is 271 g/mol. The van der Waals surface area contributed by atoms with Crippen molar-refractivity contribution in [3.63, 3.8) is 0 Å². The summed E-state index contributed by atoms with van der Waals surface area (Å²) in [7, 11) is 0. The summed E-state index contributed by atoms with van der Waals surface area (Å²) in [6, 6.07) is 3.84. The fourth-order valence-corrected chi connectivity index (χ4v) is 2.37. The number of thioether (sulfide) groups is 1. The van der Waals surface area contributed by atoms with Gasteiger partial charge in [0.25, 0.3) is 0 Å². The van der Waals surface area contributed by atoms with E-state index in [1.165, 1.54) is 0 Å². The van der Waals surface area contributed by atoms with Crippen LogP contribution in [0.2, 0.25) is 0 Å². The first kappa shape index (κ1) is 15.1. The average Bonchev–Trinajstić information content (AvgIpc) is 2.82. The van der Waals surface area contributed by atoms with Gasteiger partial charge < -0.3 is 14.9 Å². The Balaban J connectivity index is 2.14. The first-order chi connectivity index (χ1) is 8.56. The molecular formula is C13H21NO3S. The van der Waals surface area contributed by atoms with Gasteiger partial charge >= 0.3 is 5.97 Å². The van der Waals surface area contributed by atoms with Crippen molar-refractivity contribution in [1.29, 1.82) is 0 Å². The normalized spacial score (nSPS) is 14.2. The molecule has 1 rings (SSSR count). The van der Waals surface area contributed by atoms with Crippen molar-refractivity contribution in [2.24, 2.45) is 5.73 Å². The quantitative estimate of drug-likeness (QED) is 0.581. The van der Waals surface area contributed by atoms with Crippen LogP contribution in [0.5, 0.6) is 0 Å². The van der Waals surface area contributed by atoms with Crippen LogP contribution in [0.4, 0.5) is 0 Å². The number of carbonyl (C=O) groups excluding carboxylic acids is 1. The molecule has 1 aromatic heterocycles. The molecule has 0 bridgehead atoms. The third-order valence-corrected chi connectivity index (χ3v) is 3.62. The van der Waals surface area contributed by atoms with E-state index in [0.717, 1.165) is 23.7 Å². The number of nitrogens with two attached hydrogens (primary N) is 1. The highest BCUT2D eigenvalue weighted by Crippen LogP contribution is 2.17. The lowest BCUT2D eigenvalue weighted by Gasteiger charge is -2.21. The Morgan fingerprint density at radius 1 is 1.61 bits per heavy atom. The van der Waals surface area contributed by atoms with Crippen LogP contribution < -0.4 is 5.73 Å². The SMILES string of the molecule is CCOC(=O)C(C)(N)CCCSCc1ccco1. The number of rotatable bonds is 8. The summed E-state index contributed by atoms with van der Waals surface area (Å²) in [4.78, 5) is 11.5. The summed E-state index contributed by atoms with van der Waals surface area (Å²) >= 11 is 1.78. The van der Waals surface area contributed by atoms with Crippen LogP contribution in [0.15, 0.2) is 22.8 Å². The van der Waals surface area contributed by atoms with Crippen molar-refractivity contribution < 1.29 is 13.9 Å². The fourth-order valence-electron chi connectivity index (χ4n) is 1.51. The van der Waals surface area contributed by atoms with Gasteiger partial charge in [0, 0.05) is 0 Å². The number of carbonyl (C=O) groups is 1. The standard InChI is InChI=1S/C13H21NO3S/c1-3-16-12(15)13(2,14)7-5-9-18-10-11-6-4-8-17-11/h4,6,8H,3,5,7,9-10,14H2,1-2H3. The molecule has 18 heavy (non-hydrogen) atoms. The smallest absolute Gasteiger partial charge is 0.325 e. The summed E-state index contributed by atoms with van der Waals surface area (Å²) in [6.07, 6.45) is 3.20. The Bertz CT molecular complexity index is 349. The second-order valence-corrected chi connectivity index (χ2v) is 5.48. The molecule has 1 heterocycles. The molecular weight excluding hydrogens is 250 g/mol. The van der Waals surface area contributed by atoms with Gasteiger partial charge in [-0.05, 0) is 44.6 Å². The Hall–Kier alpha value is -0.940. The summed E-state index contributed by atoms with van der Waals surface area (Å²) in [5, 5.41) is 0. The largest absolute Gasteiger partial charge is 0.468 e. The Morgan fingerprint density at radius 2 is 2.39 bits per heavy atom. The highest BCUT2D eigenvalue weighted by Gasteiger charge is 2.28. The van der Waals surface area contributed by atoms with Gasteiger partial charge in [-0.25, -0.2) is 0 Å². The van der Waals surface area contributed by atoms with Crippen LogP contribution in [0, 0.1) is 0 Å². The van der Waals surface area contributed by atoms with Crippen molar-refractivity contribution in [3.8, 4) is 0 Å². The van der Waals surface area contributed by atoms with Crippen molar-refractivity contribution in [1.82, 2.24) is 0 Å². The maximum Gasteiger partial charge on any atom is 0.325 e. The topological polar surface area (TPSA) is 65.5 Å². The van der Waals surface area contributed by atoms with Crippen LogP contribution in [0.3, 0.4) is 0 Å². The van der Waals surface area contributed by atoms with Crippen LogP contribution in [0.25, 0.3) is 0 Å². The highest BCUT2D eigenvalue weighted by molar-refractivity contribution is 7.98. The van der Waals surface area contributed by atoms with E-state index < -0.39 is 5.54 Å². The van der Waals surface area contributed by atoms with Gasteiger partial charge in [0.15, 0.2) is 0 Å². The molecule has 5 heteroatoms. The number of hydrogen-bond acceptors (Lipinski definition) is 5. The molecule has 4 nitrogen and oxygen atoms in total. The highest BCUT2D eigenvalue weighted by atomic mass is 32.2. The van der Waals surface area contributed by atoms with Crippen molar-refractivity contribution >= 4 is 17.7 Å². The van der Waals surface area contributed by atoms with Gasteiger partial charge in [0.2, 0.25) is 0 Å². The minimum atomic E-state index is -0.874. The molecule has 0 aliphatic rings. The van der Waals surface area contributed by atoms with E-state index in [1.54, 1.807) is 31.9 Å². The van der Waals surface area contributed by atoms with Crippen LogP contribution >= 0.6 is 11.8 Å². The minimum Gasteiger partial charge on any atom is -0.468 e. The maximum atomic E-state index is 11.5. The third-order valence-electron chi connectivity index (χ3n) is 2.55. The first-order valence-corrected chi connectivity index (χ1v) is 7.28. The first-order valence-electron chi connectivity index (χ1n) is 6.12. The predicted octanol–water partition coefficient (Wildman–Crippen LogP) is 2.57. The Morgan fingerprint density at radius 3 is 3.00 bits per heavy atom. The van der Waals surface area contributed by atoms with Gasteiger partial charge in [-0.15, -0.1) is 0 Å². The number of hydrogen-bond donors (Lipinski definition) is 1. The zero-order valence-electron chi connectivity index (χ0n) is 11.0. The molecule has 1 atom stereocenters. The lowest BCUT2D eigenvalue weighted by Crippen LogP contribution is -2.46. The van der Waals surface area contributed by atoms with Gasteiger partial charge in [-0.3, -0.25) is 4.79 Å². The van der Waals surface area contributed by atoms with Crippen LogP contribution in [-0.2, 0) is 15.3 Å². The zero-order valence-corrected chi connectivity index (χ0v) is 11.8. The second-order valence-electron chi connectivity index (χ2n) is 4.37. The molecule has 0 saturated heterocycles. The molecule has 0 aliphatic heterocycles.